The Hall–Kier alpha value is 0.270. The predicted molar refractivity (Wildman–Crippen MR) is 54.8 cm³/mol. The molecule has 1 N–H and O–H groups in total. The second-order valence-corrected chi connectivity index (χ2v) is 5.13. The Bertz CT molecular complexity index is 151. The van der Waals surface area contributed by atoms with Crippen LogP contribution in [0.25, 0.3) is 0 Å². The van der Waals surface area contributed by atoms with Gasteiger partial charge in [-0.1, -0.05) is 0 Å². The lowest BCUT2D eigenvalue weighted by atomic mass is 10.2. The molecule has 0 aromatic carbocycles. The Morgan fingerprint density at radius 2 is 2.50 bits per heavy atom. The highest BCUT2D eigenvalue weighted by molar-refractivity contribution is 8.00. The Labute approximate surface area is 79.1 Å². The normalized spacial score (nSPS) is 34.8. The van der Waals surface area contributed by atoms with Crippen LogP contribution in [0.5, 0.6) is 0 Å². The molecule has 2 saturated heterocycles. The first-order valence-electron chi connectivity index (χ1n) is 4.90. The lowest BCUT2D eigenvalue weighted by molar-refractivity contribution is 0.266. The third-order valence-corrected chi connectivity index (χ3v) is 4.28. The standard InChI is InChI=1S/C9H18N2S/c1-10-3-2-4-11-6-9-5-8(11)7-12-9/h8-10H,2-7H2,1H3. The number of thioether (sulfide) groups is 1. The predicted octanol–water partition coefficient (Wildman–Crippen LogP) is 0.786. The molecule has 3 heteroatoms. The van der Waals surface area contributed by atoms with Crippen molar-refractivity contribution >= 4 is 11.8 Å². The lowest BCUT2D eigenvalue weighted by Gasteiger charge is -2.26. The summed E-state index contributed by atoms with van der Waals surface area (Å²) in [6.07, 6.45) is 2.77. The summed E-state index contributed by atoms with van der Waals surface area (Å²) in [6, 6.07) is 0.928. The van der Waals surface area contributed by atoms with Crippen LogP contribution in [-0.2, 0) is 0 Å². The summed E-state index contributed by atoms with van der Waals surface area (Å²) in [4.78, 5) is 2.68. The smallest absolute Gasteiger partial charge is 0.0197 e. The van der Waals surface area contributed by atoms with E-state index in [0.29, 0.717) is 0 Å². The zero-order chi connectivity index (χ0) is 8.39. The molecule has 0 radical (unpaired) electrons. The molecule has 2 aliphatic heterocycles. The molecule has 0 aliphatic carbocycles. The average molecular weight is 186 g/mol. The Morgan fingerprint density at radius 1 is 1.58 bits per heavy atom. The molecule has 2 bridgehead atoms. The summed E-state index contributed by atoms with van der Waals surface area (Å²) < 4.78 is 0. The minimum Gasteiger partial charge on any atom is -0.320 e. The van der Waals surface area contributed by atoms with Gasteiger partial charge in [-0.3, -0.25) is 4.90 Å². The summed E-state index contributed by atoms with van der Waals surface area (Å²) in [5, 5.41) is 4.18. The van der Waals surface area contributed by atoms with Gasteiger partial charge in [-0.05, 0) is 33.0 Å². The van der Waals surface area contributed by atoms with Gasteiger partial charge in [0.1, 0.15) is 0 Å². The molecule has 0 amide bonds. The number of hydrogen-bond donors (Lipinski definition) is 1. The molecule has 0 aromatic heterocycles. The molecular formula is C9H18N2S. The summed E-state index contributed by atoms with van der Waals surface area (Å²) >= 11 is 2.18. The molecule has 2 unspecified atom stereocenters. The van der Waals surface area contributed by atoms with E-state index in [1.807, 2.05) is 7.05 Å². The van der Waals surface area contributed by atoms with Crippen LogP contribution in [0, 0.1) is 0 Å². The van der Waals surface area contributed by atoms with Gasteiger partial charge < -0.3 is 5.32 Å². The fraction of sp³-hybridized carbons (Fsp3) is 1.00. The van der Waals surface area contributed by atoms with Gasteiger partial charge in [0.15, 0.2) is 0 Å². The third-order valence-electron chi connectivity index (χ3n) is 2.89. The van der Waals surface area contributed by atoms with Crippen molar-refractivity contribution in [2.75, 3.05) is 32.4 Å². The molecule has 2 rings (SSSR count). The molecule has 0 spiro atoms. The van der Waals surface area contributed by atoms with Crippen molar-refractivity contribution in [1.29, 1.82) is 0 Å². The van der Waals surface area contributed by atoms with Crippen LogP contribution < -0.4 is 5.32 Å². The van der Waals surface area contributed by atoms with Gasteiger partial charge in [0.25, 0.3) is 0 Å². The monoisotopic (exact) mass is 186 g/mol. The van der Waals surface area contributed by atoms with Crippen LogP contribution >= 0.6 is 11.8 Å². The molecule has 2 heterocycles. The molecule has 2 aliphatic rings. The Balaban J connectivity index is 1.69. The van der Waals surface area contributed by atoms with E-state index in [1.54, 1.807) is 0 Å². The Kier molecular flexibility index (Phi) is 2.94. The van der Waals surface area contributed by atoms with Crippen molar-refractivity contribution in [2.45, 2.75) is 24.1 Å². The number of likely N-dealkylation sites (tertiary alicyclic amines) is 1. The minimum absolute atomic E-state index is 0.928. The molecule has 0 saturated carbocycles. The van der Waals surface area contributed by atoms with Crippen LogP contribution in [-0.4, -0.2) is 48.6 Å². The maximum atomic E-state index is 3.20. The maximum Gasteiger partial charge on any atom is 0.0197 e. The molecule has 2 atom stereocenters. The fourth-order valence-corrected chi connectivity index (χ4v) is 3.71. The van der Waals surface area contributed by atoms with Crippen LogP contribution in [0.1, 0.15) is 12.8 Å². The fourth-order valence-electron chi connectivity index (χ4n) is 2.21. The van der Waals surface area contributed by atoms with E-state index in [4.69, 9.17) is 0 Å². The first-order chi connectivity index (χ1) is 5.90. The van der Waals surface area contributed by atoms with Crippen LogP contribution in [0.2, 0.25) is 0 Å². The van der Waals surface area contributed by atoms with Gasteiger partial charge in [-0.15, -0.1) is 0 Å². The lowest BCUT2D eigenvalue weighted by Crippen LogP contribution is -2.35. The van der Waals surface area contributed by atoms with Gasteiger partial charge in [-0.2, -0.15) is 11.8 Å². The zero-order valence-electron chi connectivity index (χ0n) is 7.75. The number of hydrogen-bond acceptors (Lipinski definition) is 3. The quantitative estimate of drug-likeness (QED) is 0.653. The molecule has 70 valence electrons. The SMILES string of the molecule is CNCCCN1CC2CC1CS2. The zero-order valence-corrected chi connectivity index (χ0v) is 8.57. The van der Waals surface area contributed by atoms with E-state index >= 15 is 0 Å². The van der Waals surface area contributed by atoms with Gasteiger partial charge in [-0.25, -0.2) is 0 Å². The first-order valence-corrected chi connectivity index (χ1v) is 5.95. The van der Waals surface area contributed by atoms with Crippen molar-refractivity contribution in [2.24, 2.45) is 0 Å². The number of nitrogens with one attached hydrogen (secondary N) is 1. The minimum atomic E-state index is 0.928. The van der Waals surface area contributed by atoms with Crippen molar-refractivity contribution in [3.8, 4) is 0 Å². The average Bonchev–Trinajstić information content (AvgIpc) is 2.65. The Morgan fingerprint density at radius 3 is 3.08 bits per heavy atom. The second kappa shape index (κ2) is 3.99. The van der Waals surface area contributed by atoms with Gasteiger partial charge in [0.05, 0.1) is 0 Å². The highest BCUT2D eigenvalue weighted by atomic mass is 32.2. The first kappa shape index (κ1) is 8.85. The van der Waals surface area contributed by atoms with Crippen molar-refractivity contribution < 1.29 is 0 Å². The summed E-state index contributed by atoms with van der Waals surface area (Å²) in [6.45, 7) is 3.84. The van der Waals surface area contributed by atoms with Gasteiger partial charge in [0.2, 0.25) is 0 Å². The van der Waals surface area contributed by atoms with Crippen LogP contribution in [0.3, 0.4) is 0 Å². The summed E-state index contributed by atoms with van der Waals surface area (Å²) in [7, 11) is 2.03. The van der Waals surface area contributed by atoms with Crippen molar-refractivity contribution in [3.05, 3.63) is 0 Å². The highest BCUT2D eigenvalue weighted by Gasteiger charge is 2.37. The van der Waals surface area contributed by atoms with E-state index < -0.39 is 0 Å². The van der Waals surface area contributed by atoms with Crippen LogP contribution in [0.15, 0.2) is 0 Å². The van der Waals surface area contributed by atoms with E-state index in [2.05, 4.69) is 22.0 Å². The topological polar surface area (TPSA) is 15.3 Å². The number of rotatable bonds is 4. The summed E-state index contributed by atoms with van der Waals surface area (Å²) in [5.41, 5.74) is 0. The molecule has 0 aromatic rings. The molecule has 2 nitrogen and oxygen atoms in total. The van der Waals surface area contributed by atoms with E-state index in [1.165, 1.54) is 38.2 Å². The highest BCUT2D eigenvalue weighted by Crippen LogP contribution is 2.37. The molecular weight excluding hydrogens is 168 g/mol. The summed E-state index contributed by atoms with van der Waals surface area (Å²) in [5.74, 6) is 1.39. The van der Waals surface area contributed by atoms with Crippen LogP contribution in [0.4, 0.5) is 0 Å². The van der Waals surface area contributed by atoms with E-state index in [-0.39, 0.29) is 0 Å². The maximum absolute atomic E-state index is 3.20. The third kappa shape index (κ3) is 1.78. The van der Waals surface area contributed by atoms with E-state index in [0.717, 1.165) is 11.3 Å². The second-order valence-electron chi connectivity index (χ2n) is 3.80. The van der Waals surface area contributed by atoms with Crippen molar-refractivity contribution in [1.82, 2.24) is 10.2 Å². The van der Waals surface area contributed by atoms with Gasteiger partial charge in [0, 0.05) is 23.6 Å². The number of fused-ring (bicyclic) bond motifs is 2. The van der Waals surface area contributed by atoms with E-state index in [9.17, 15) is 0 Å². The molecule has 12 heavy (non-hydrogen) atoms. The number of nitrogens with zero attached hydrogens (tertiary/aromatic N) is 1. The largest absolute Gasteiger partial charge is 0.320 e. The van der Waals surface area contributed by atoms with Crippen molar-refractivity contribution in [3.63, 3.8) is 0 Å². The molecule has 2 fully saturated rings. The van der Waals surface area contributed by atoms with Gasteiger partial charge >= 0.3 is 0 Å².